The number of nitrogens with zero attached hydrogens (tertiary/aromatic N) is 3. The van der Waals surface area contributed by atoms with Crippen LogP contribution in [0.25, 0.3) is 0 Å². The van der Waals surface area contributed by atoms with Crippen LogP contribution in [0, 0.1) is 5.92 Å². The summed E-state index contributed by atoms with van der Waals surface area (Å²) < 4.78 is 37.0. The molecule has 3 aliphatic rings. The van der Waals surface area contributed by atoms with Crippen molar-refractivity contribution in [2.24, 2.45) is 5.92 Å². The molecule has 2 amide bonds. The number of amides is 2. The molecule has 1 spiro atoms. The normalized spacial score (nSPS) is 20.3. The summed E-state index contributed by atoms with van der Waals surface area (Å²) in [6.07, 6.45) is -0.632. The lowest BCUT2D eigenvalue weighted by molar-refractivity contribution is -0.192. The van der Waals surface area contributed by atoms with Crippen LogP contribution in [0.3, 0.4) is 0 Å². The molecule has 0 bridgehead atoms. The van der Waals surface area contributed by atoms with E-state index in [1.54, 1.807) is 7.11 Å². The molecule has 0 atom stereocenters. The predicted octanol–water partition coefficient (Wildman–Crippen LogP) is 2.42. The van der Waals surface area contributed by atoms with E-state index < -0.39 is 17.7 Å². The summed E-state index contributed by atoms with van der Waals surface area (Å²) in [5, 5.41) is 7.12. The number of alkyl halides is 3. The maximum atomic E-state index is 13.1. The van der Waals surface area contributed by atoms with Gasteiger partial charge in [0.05, 0.1) is 13.5 Å². The van der Waals surface area contributed by atoms with Gasteiger partial charge in [0.1, 0.15) is 11.3 Å². The number of carbonyl (C=O) groups is 3. The molecule has 2 saturated heterocycles. The zero-order valence-corrected chi connectivity index (χ0v) is 20.0. The molecule has 3 fully saturated rings. The number of hydrogen-bond acceptors (Lipinski definition) is 5. The highest BCUT2D eigenvalue weighted by atomic mass is 19.4. The minimum Gasteiger partial charge on any atom is -0.497 e. The number of carboxylic acids is 1. The first-order chi connectivity index (χ1) is 16.5. The number of carboxylic acid groups (broad SMARTS) is 1. The van der Waals surface area contributed by atoms with Crippen molar-refractivity contribution < 1.29 is 37.4 Å². The average molecular weight is 500 g/mol. The van der Waals surface area contributed by atoms with Crippen molar-refractivity contribution in [3.8, 4) is 5.75 Å². The first kappa shape index (κ1) is 26.8. The van der Waals surface area contributed by atoms with E-state index in [4.69, 9.17) is 14.6 Å². The Morgan fingerprint density at radius 3 is 2.31 bits per heavy atom. The van der Waals surface area contributed by atoms with Crippen molar-refractivity contribution in [3.05, 3.63) is 29.8 Å². The van der Waals surface area contributed by atoms with Gasteiger partial charge in [-0.15, -0.1) is 0 Å². The monoisotopic (exact) mass is 499 g/mol. The quantitative estimate of drug-likeness (QED) is 0.669. The molecule has 0 radical (unpaired) electrons. The first-order valence-corrected chi connectivity index (χ1v) is 11.7. The second kappa shape index (κ2) is 10.8. The van der Waals surface area contributed by atoms with Gasteiger partial charge >= 0.3 is 12.1 Å². The number of halogens is 3. The number of aliphatic carboxylic acids is 1. The van der Waals surface area contributed by atoms with Crippen molar-refractivity contribution >= 4 is 17.8 Å². The van der Waals surface area contributed by atoms with E-state index in [1.807, 2.05) is 41.1 Å². The molecule has 0 unspecified atom stereocenters. The molecule has 2 aliphatic heterocycles. The van der Waals surface area contributed by atoms with Gasteiger partial charge in [-0.1, -0.05) is 12.1 Å². The lowest BCUT2D eigenvalue weighted by Gasteiger charge is -2.52. The Hall–Kier alpha value is -2.82. The number of piperazine rings is 1. The highest BCUT2D eigenvalue weighted by molar-refractivity contribution is 5.88. The van der Waals surface area contributed by atoms with E-state index in [0.29, 0.717) is 19.5 Å². The molecule has 8 nitrogen and oxygen atoms in total. The predicted molar refractivity (Wildman–Crippen MR) is 121 cm³/mol. The largest absolute Gasteiger partial charge is 0.497 e. The van der Waals surface area contributed by atoms with Crippen molar-refractivity contribution in [2.45, 2.75) is 43.8 Å². The summed E-state index contributed by atoms with van der Waals surface area (Å²) in [6.45, 7) is 4.12. The van der Waals surface area contributed by atoms with Crippen LogP contribution in [0.4, 0.5) is 13.2 Å². The Labute approximate surface area is 202 Å². The third-order valence-electron chi connectivity index (χ3n) is 6.91. The highest BCUT2D eigenvalue weighted by Gasteiger charge is 2.51. The maximum Gasteiger partial charge on any atom is 0.490 e. The molecule has 1 saturated carbocycles. The standard InChI is InChI=1S/C22H31N3O3.C2HF3O2/c1-23-12-13-25(16-17-6-7-17)22(21(23)27)8-10-24(11-9-22)20(26)15-18-4-3-5-19(14-18)28-2;3-2(4,5)1(6)7/h3-5,14,17H,6-13,15-16H2,1-2H3;(H,6,7). The fourth-order valence-corrected chi connectivity index (χ4v) is 4.68. The SMILES string of the molecule is COc1cccc(CC(=O)N2CCC3(CC2)C(=O)N(C)CCN3CC2CC2)c1.O=C(O)C(F)(F)F. The average Bonchev–Trinajstić information content (AvgIpc) is 3.64. The lowest BCUT2D eigenvalue weighted by atomic mass is 9.82. The van der Waals surface area contributed by atoms with Gasteiger partial charge in [-0.25, -0.2) is 4.79 Å². The molecule has 4 rings (SSSR count). The van der Waals surface area contributed by atoms with Crippen molar-refractivity contribution in [1.82, 2.24) is 14.7 Å². The van der Waals surface area contributed by atoms with E-state index in [-0.39, 0.29) is 11.8 Å². The maximum absolute atomic E-state index is 13.1. The summed E-state index contributed by atoms with van der Waals surface area (Å²) >= 11 is 0. The van der Waals surface area contributed by atoms with E-state index in [9.17, 15) is 22.8 Å². The number of likely N-dealkylation sites (N-methyl/N-ethyl adjacent to an activating group) is 1. The topological polar surface area (TPSA) is 90.4 Å². The number of ether oxygens (including phenoxy) is 1. The number of likely N-dealkylation sites (tertiary alicyclic amines) is 1. The van der Waals surface area contributed by atoms with Gasteiger partial charge < -0.3 is 19.6 Å². The fourth-order valence-electron chi connectivity index (χ4n) is 4.68. The number of benzene rings is 1. The molecule has 2 heterocycles. The lowest BCUT2D eigenvalue weighted by Crippen LogP contribution is -2.68. The van der Waals surface area contributed by atoms with Gasteiger partial charge in [0.25, 0.3) is 0 Å². The van der Waals surface area contributed by atoms with Crippen molar-refractivity contribution in [1.29, 1.82) is 0 Å². The number of rotatable bonds is 5. The number of piperidine rings is 1. The molecule has 11 heteroatoms. The van der Waals surface area contributed by atoms with Gasteiger partial charge in [0.15, 0.2) is 0 Å². The Morgan fingerprint density at radius 1 is 1.14 bits per heavy atom. The summed E-state index contributed by atoms with van der Waals surface area (Å²) in [6, 6.07) is 7.68. The van der Waals surface area contributed by atoms with E-state index in [2.05, 4.69) is 4.90 Å². The van der Waals surface area contributed by atoms with E-state index in [0.717, 1.165) is 49.7 Å². The van der Waals surface area contributed by atoms with Crippen LogP contribution in [0.1, 0.15) is 31.2 Å². The Balaban J connectivity index is 0.000000429. The van der Waals surface area contributed by atoms with Crippen LogP contribution in [-0.2, 0) is 20.8 Å². The molecule has 0 aromatic heterocycles. The second-order valence-corrected chi connectivity index (χ2v) is 9.36. The van der Waals surface area contributed by atoms with Crippen LogP contribution in [0.15, 0.2) is 24.3 Å². The fraction of sp³-hybridized carbons (Fsp3) is 0.625. The molecule has 35 heavy (non-hydrogen) atoms. The molecule has 1 aromatic carbocycles. The van der Waals surface area contributed by atoms with Gasteiger partial charge in [0.2, 0.25) is 11.8 Å². The number of hydrogen-bond donors (Lipinski definition) is 1. The minimum absolute atomic E-state index is 0.133. The third kappa shape index (κ3) is 6.65. The molecule has 1 N–H and O–H groups in total. The summed E-state index contributed by atoms with van der Waals surface area (Å²) in [5.41, 5.74) is 0.566. The van der Waals surface area contributed by atoms with Crippen LogP contribution in [0.2, 0.25) is 0 Å². The summed E-state index contributed by atoms with van der Waals surface area (Å²) in [5.74, 6) is -0.837. The Morgan fingerprint density at radius 2 is 1.77 bits per heavy atom. The smallest absolute Gasteiger partial charge is 0.490 e. The number of methoxy groups -OCH3 is 1. The Bertz CT molecular complexity index is 927. The molecular weight excluding hydrogens is 467 g/mol. The molecule has 194 valence electrons. The van der Waals surface area contributed by atoms with Crippen molar-refractivity contribution in [2.75, 3.05) is 46.9 Å². The zero-order chi connectivity index (χ0) is 25.8. The second-order valence-electron chi connectivity index (χ2n) is 9.36. The number of carbonyl (C=O) groups excluding carboxylic acids is 2. The van der Waals surface area contributed by atoms with Gasteiger partial charge in [-0.3, -0.25) is 14.5 Å². The molecule has 1 aliphatic carbocycles. The van der Waals surface area contributed by atoms with Gasteiger partial charge in [-0.2, -0.15) is 13.2 Å². The van der Waals surface area contributed by atoms with Crippen LogP contribution >= 0.6 is 0 Å². The van der Waals surface area contributed by atoms with E-state index in [1.165, 1.54) is 12.8 Å². The summed E-state index contributed by atoms with van der Waals surface area (Å²) in [4.78, 5) is 41.1. The van der Waals surface area contributed by atoms with E-state index >= 15 is 0 Å². The molecular formula is C24H32F3N3O5. The van der Waals surface area contributed by atoms with Crippen molar-refractivity contribution in [3.63, 3.8) is 0 Å². The van der Waals surface area contributed by atoms with Crippen LogP contribution in [-0.4, -0.2) is 96.2 Å². The van der Waals surface area contributed by atoms with Gasteiger partial charge in [-0.05, 0) is 49.3 Å². The third-order valence-corrected chi connectivity index (χ3v) is 6.91. The van der Waals surface area contributed by atoms with Crippen LogP contribution < -0.4 is 4.74 Å². The highest BCUT2D eigenvalue weighted by Crippen LogP contribution is 2.38. The Kier molecular flexibility index (Phi) is 8.30. The van der Waals surface area contributed by atoms with Crippen LogP contribution in [0.5, 0.6) is 5.75 Å². The summed E-state index contributed by atoms with van der Waals surface area (Å²) in [7, 11) is 3.55. The minimum atomic E-state index is -5.08. The van der Waals surface area contributed by atoms with Gasteiger partial charge in [0, 0.05) is 39.8 Å². The first-order valence-electron chi connectivity index (χ1n) is 11.7. The zero-order valence-electron chi connectivity index (χ0n) is 20.0. The molecule has 1 aromatic rings.